The van der Waals surface area contributed by atoms with Crippen molar-refractivity contribution in [2.45, 2.75) is 6.42 Å². The number of aromatic nitrogens is 1. The van der Waals surface area contributed by atoms with Crippen LogP contribution in [0.4, 0.5) is 0 Å². The number of benzene rings is 1. The van der Waals surface area contributed by atoms with Crippen molar-refractivity contribution < 1.29 is 9.53 Å². The lowest BCUT2D eigenvalue weighted by atomic mass is 10.2. The van der Waals surface area contributed by atoms with Crippen molar-refractivity contribution in [1.82, 2.24) is 4.98 Å². The number of rotatable bonds is 3. The van der Waals surface area contributed by atoms with Crippen LogP contribution in [0.15, 0.2) is 34.9 Å². The van der Waals surface area contributed by atoms with Gasteiger partial charge in [-0.3, -0.25) is 0 Å². The van der Waals surface area contributed by atoms with Crippen molar-refractivity contribution in [2.24, 2.45) is 0 Å². The first kappa shape index (κ1) is 12.3. The number of halogens is 1. The van der Waals surface area contributed by atoms with Crippen molar-refractivity contribution in [2.75, 3.05) is 7.11 Å². The summed E-state index contributed by atoms with van der Waals surface area (Å²) in [6.07, 6.45) is 2.28. The number of carbonyl (C=O) groups is 1. The molecule has 0 amide bonds. The van der Waals surface area contributed by atoms with Gasteiger partial charge in [0.05, 0.1) is 18.3 Å². The van der Waals surface area contributed by atoms with Crippen molar-refractivity contribution in [1.29, 1.82) is 0 Å². The Hall–Kier alpha value is -1.20. The molecule has 0 fully saturated rings. The molecule has 5 heteroatoms. The van der Waals surface area contributed by atoms with E-state index in [1.165, 1.54) is 18.4 Å². The SMILES string of the molecule is COC(=O)c1cnc(Cc2cccc(Br)c2)s1. The molecule has 2 rings (SSSR count). The van der Waals surface area contributed by atoms with Crippen LogP contribution in [-0.2, 0) is 11.2 Å². The van der Waals surface area contributed by atoms with Crippen molar-refractivity contribution >= 4 is 33.2 Å². The number of hydrogen-bond donors (Lipinski definition) is 0. The molecule has 1 aromatic heterocycles. The Morgan fingerprint density at radius 3 is 3.06 bits per heavy atom. The molecule has 0 aliphatic heterocycles. The van der Waals surface area contributed by atoms with Crippen LogP contribution in [0.1, 0.15) is 20.2 Å². The zero-order valence-corrected chi connectivity index (χ0v) is 11.5. The minimum absolute atomic E-state index is 0.331. The molecule has 1 heterocycles. The molecule has 17 heavy (non-hydrogen) atoms. The molecule has 0 aliphatic rings. The van der Waals surface area contributed by atoms with Crippen LogP contribution in [-0.4, -0.2) is 18.1 Å². The van der Waals surface area contributed by atoms with Crippen LogP contribution < -0.4 is 0 Å². The van der Waals surface area contributed by atoms with Crippen LogP contribution in [0.25, 0.3) is 0 Å². The summed E-state index contributed by atoms with van der Waals surface area (Å²) in [5.74, 6) is -0.331. The molecule has 0 spiro atoms. The molecular formula is C12H10BrNO2S. The zero-order valence-electron chi connectivity index (χ0n) is 9.14. The Kier molecular flexibility index (Phi) is 3.91. The summed E-state index contributed by atoms with van der Waals surface area (Å²) < 4.78 is 5.68. The van der Waals surface area contributed by atoms with Gasteiger partial charge in [-0.2, -0.15) is 0 Å². The fourth-order valence-corrected chi connectivity index (χ4v) is 2.73. The van der Waals surface area contributed by atoms with Gasteiger partial charge in [0.2, 0.25) is 0 Å². The summed E-state index contributed by atoms with van der Waals surface area (Å²) >= 11 is 4.79. The van der Waals surface area contributed by atoms with Gasteiger partial charge in [-0.25, -0.2) is 9.78 Å². The number of thiazole rings is 1. The van der Waals surface area contributed by atoms with E-state index >= 15 is 0 Å². The Balaban J connectivity index is 2.14. The lowest BCUT2D eigenvalue weighted by Crippen LogP contribution is -1.96. The Morgan fingerprint density at radius 1 is 1.53 bits per heavy atom. The lowest BCUT2D eigenvalue weighted by molar-refractivity contribution is 0.0606. The molecule has 1 aromatic carbocycles. The highest BCUT2D eigenvalue weighted by Crippen LogP contribution is 2.19. The van der Waals surface area contributed by atoms with Gasteiger partial charge in [-0.1, -0.05) is 28.1 Å². The summed E-state index contributed by atoms with van der Waals surface area (Å²) in [5.41, 5.74) is 1.16. The molecule has 0 bridgehead atoms. The maximum atomic E-state index is 11.3. The molecular weight excluding hydrogens is 302 g/mol. The number of ether oxygens (including phenoxy) is 1. The van der Waals surface area contributed by atoms with E-state index in [1.54, 1.807) is 6.20 Å². The molecule has 3 nitrogen and oxygen atoms in total. The number of methoxy groups -OCH3 is 1. The maximum absolute atomic E-state index is 11.3. The largest absolute Gasteiger partial charge is 0.465 e. The van der Waals surface area contributed by atoms with Crippen LogP contribution >= 0.6 is 27.3 Å². The average Bonchev–Trinajstić information content (AvgIpc) is 2.76. The highest BCUT2D eigenvalue weighted by Gasteiger charge is 2.10. The third kappa shape index (κ3) is 3.14. The highest BCUT2D eigenvalue weighted by molar-refractivity contribution is 9.10. The van der Waals surface area contributed by atoms with Crippen LogP contribution in [0.2, 0.25) is 0 Å². The van der Waals surface area contributed by atoms with Crippen molar-refractivity contribution in [3.63, 3.8) is 0 Å². The topological polar surface area (TPSA) is 39.2 Å². The van der Waals surface area contributed by atoms with E-state index in [2.05, 4.69) is 25.7 Å². The predicted molar refractivity (Wildman–Crippen MR) is 70.4 cm³/mol. The second-order valence-corrected chi connectivity index (χ2v) is 5.45. The van der Waals surface area contributed by atoms with Crippen LogP contribution in [0, 0.1) is 0 Å². The van der Waals surface area contributed by atoms with Crippen molar-refractivity contribution in [3.05, 3.63) is 50.4 Å². The number of esters is 1. The first-order chi connectivity index (χ1) is 8.19. The normalized spacial score (nSPS) is 10.2. The summed E-state index contributed by atoms with van der Waals surface area (Å²) in [6.45, 7) is 0. The molecule has 0 unspecified atom stereocenters. The van der Waals surface area contributed by atoms with Gasteiger partial charge in [0.15, 0.2) is 0 Å². The monoisotopic (exact) mass is 311 g/mol. The van der Waals surface area contributed by atoms with E-state index < -0.39 is 0 Å². The second kappa shape index (κ2) is 5.42. The summed E-state index contributed by atoms with van der Waals surface area (Å²) in [4.78, 5) is 16.0. The quantitative estimate of drug-likeness (QED) is 0.817. The molecule has 88 valence electrons. The zero-order chi connectivity index (χ0) is 12.3. The summed E-state index contributed by atoms with van der Waals surface area (Å²) in [7, 11) is 1.37. The van der Waals surface area contributed by atoms with E-state index in [4.69, 9.17) is 0 Å². The third-order valence-electron chi connectivity index (χ3n) is 2.18. The lowest BCUT2D eigenvalue weighted by Gasteiger charge is -1.98. The third-order valence-corrected chi connectivity index (χ3v) is 3.66. The first-order valence-electron chi connectivity index (χ1n) is 4.96. The number of nitrogens with zero attached hydrogens (tertiary/aromatic N) is 1. The summed E-state index contributed by atoms with van der Waals surface area (Å²) in [6, 6.07) is 8.03. The molecule has 0 radical (unpaired) electrons. The fraction of sp³-hybridized carbons (Fsp3) is 0.167. The van der Waals surface area contributed by atoms with E-state index in [0.29, 0.717) is 4.88 Å². The van der Waals surface area contributed by atoms with Crippen molar-refractivity contribution in [3.8, 4) is 0 Å². The van der Waals surface area contributed by atoms with Crippen LogP contribution in [0.5, 0.6) is 0 Å². The van der Waals surface area contributed by atoms with Crippen LogP contribution in [0.3, 0.4) is 0 Å². The molecule has 0 saturated heterocycles. The van der Waals surface area contributed by atoms with Gasteiger partial charge < -0.3 is 4.74 Å². The molecule has 0 atom stereocenters. The van der Waals surface area contributed by atoms with E-state index in [-0.39, 0.29) is 5.97 Å². The Labute approximate surface area is 112 Å². The van der Waals surface area contributed by atoms with E-state index in [9.17, 15) is 4.79 Å². The molecule has 0 aliphatic carbocycles. The van der Waals surface area contributed by atoms with Gasteiger partial charge in [0.1, 0.15) is 4.88 Å². The Morgan fingerprint density at radius 2 is 2.35 bits per heavy atom. The van der Waals surface area contributed by atoms with Gasteiger partial charge in [-0.05, 0) is 17.7 Å². The smallest absolute Gasteiger partial charge is 0.349 e. The maximum Gasteiger partial charge on any atom is 0.349 e. The molecule has 2 aromatic rings. The van der Waals surface area contributed by atoms with E-state index in [1.807, 2.05) is 24.3 Å². The molecule has 0 N–H and O–H groups in total. The number of hydrogen-bond acceptors (Lipinski definition) is 4. The second-order valence-electron chi connectivity index (χ2n) is 3.42. The minimum atomic E-state index is -0.331. The van der Waals surface area contributed by atoms with E-state index in [0.717, 1.165) is 21.5 Å². The van der Waals surface area contributed by atoms with Gasteiger partial charge in [0.25, 0.3) is 0 Å². The van der Waals surface area contributed by atoms with Gasteiger partial charge in [0, 0.05) is 10.9 Å². The highest BCUT2D eigenvalue weighted by atomic mass is 79.9. The standard InChI is InChI=1S/C12H10BrNO2S/c1-16-12(15)10-7-14-11(17-10)6-8-3-2-4-9(13)5-8/h2-5,7H,6H2,1H3. The number of carbonyl (C=O) groups excluding carboxylic acids is 1. The minimum Gasteiger partial charge on any atom is -0.465 e. The van der Waals surface area contributed by atoms with Gasteiger partial charge in [-0.15, -0.1) is 11.3 Å². The first-order valence-corrected chi connectivity index (χ1v) is 6.57. The average molecular weight is 312 g/mol. The fourth-order valence-electron chi connectivity index (χ4n) is 1.41. The summed E-state index contributed by atoms with van der Waals surface area (Å²) in [5, 5.41) is 0.906. The molecule has 0 saturated carbocycles. The van der Waals surface area contributed by atoms with Gasteiger partial charge >= 0.3 is 5.97 Å². The predicted octanol–water partition coefficient (Wildman–Crippen LogP) is 3.28. The Bertz CT molecular complexity index is 539.